The van der Waals surface area contributed by atoms with Crippen LogP contribution >= 0.6 is 0 Å². The van der Waals surface area contributed by atoms with Crippen LogP contribution in [-0.4, -0.2) is 21.4 Å². The molecule has 0 fully saturated rings. The van der Waals surface area contributed by atoms with Gasteiger partial charge in [0.2, 0.25) is 0 Å². The molecule has 0 aromatic carbocycles. The number of halogens is 3. The highest BCUT2D eigenvalue weighted by Crippen LogP contribution is 2.25. The van der Waals surface area contributed by atoms with Gasteiger partial charge in [-0.3, -0.25) is 0 Å². The van der Waals surface area contributed by atoms with E-state index in [2.05, 4.69) is 15.2 Å². The number of hydrogen-bond acceptors (Lipinski definition) is 4. The van der Waals surface area contributed by atoms with Gasteiger partial charge in [-0.15, -0.1) is 5.10 Å². The van der Waals surface area contributed by atoms with Gasteiger partial charge in [0.1, 0.15) is 0 Å². The Morgan fingerprint density at radius 3 is 2.54 bits per heavy atom. The highest BCUT2D eigenvalue weighted by molar-refractivity contribution is 4.90. The zero-order valence-corrected chi connectivity index (χ0v) is 6.49. The molecular formula is C6H7F3N4. The Bertz CT molecular complexity index is 260. The van der Waals surface area contributed by atoms with Crippen molar-refractivity contribution in [3.05, 3.63) is 18.2 Å². The van der Waals surface area contributed by atoms with Crippen LogP contribution in [0.5, 0.6) is 0 Å². The molecule has 0 amide bonds. The minimum atomic E-state index is -4.31. The van der Waals surface area contributed by atoms with Crippen LogP contribution in [0.2, 0.25) is 0 Å². The molecule has 0 saturated heterocycles. The molecule has 0 spiro atoms. The molecule has 1 atom stereocenters. The SMILES string of the molecule is NC(CC(F)(F)F)c1nccnn1. The summed E-state index contributed by atoms with van der Waals surface area (Å²) in [7, 11) is 0. The second-order valence-electron chi connectivity index (χ2n) is 2.43. The van der Waals surface area contributed by atoms with E-state index in [0.717, 1.165) is 0 Å². The van der Waals surface area contributed by atoms with Gasteiger partial charge in [0.15, 0.2) is 5.82 Å². The monoisotopic (exact) mass is 192 g/mol. The number of rotatable bonds is 2. The first-order chi connectivity index (χ1) is 5.99. The highest BCUT2D eigenvalue weighted by atomic mass is 19.4. The number of aromatic nitrogens is 3. The summed E-state index contributed by atoms with van der Waals surface area (Å²) in [4.78, 5) is 3.56. The fraction of sp³-hybridized carbons (Fsp3) is 0.500. The summed E-state index contributed by atoms with van der Waals surface area (Å²) < 4.78 is 35.5. The molecule has 13 heavy (non-hydrogen) atoms. The van der Waals surface area contributed by atoms with Gasteiger partial charge in [-0.05, 0) is 0 Å². The Labute approximate surface area is 72.0 Å². The Kier molecular flexibility index (Phi) is 2.76. The highest BCUT2D eigenvalue weighted by Gasteiger charge is 2.32. The lowest BCUT2D eigenvalue weighted by atomic mass is 10.2. The maximum atomic E-state index is 11.8. The number of hydrogen-bond donors (Lipinski definition) is 1. The summed E-state index contributed by atoms with van der Waals surface area (Å²) in [5.74, 6) is -0.0974. The summed E-state index contributed by atoms with van der Waals surface area (Å²) in [5, 5.41) is 6.75. The largest absolute Gasteiger partial charge is 0.391 e. The number of nitrogens with zero attached hydrogens (tertiary/aromatic N) is 3. The third-order valence-electron chi connectivity index (χ3n) is 1.28. The molecule has 1 heterocycles. The topological polar surface area (TPSA) is 64.7 Å². The fourth-order valence-electron chi connectivity index (χ4n) is 0.768. The van der Waals surface area contributed by atoms with Crippen LogP contribution in [0.3, 0.4) is 0 Å². The molecule has 1 rings (SSSR count). The molecule has 1 aromatic heterocycles. The predicted octanol–water partition coefficient (Wildman–Crippen LogP) is 0.824. The van der Waals surface area contributed by atoms with Gasteiger partial charge in [-0.1, -0.05) is 0 Å². The maximum absolute atomic E-state index is 11.8. The molecule has 0 saturated carbocycles. The van der Waals surface area contributed by atoms with Crippen molar-refractivity contribution in [2.45, 2.75) is 18.6 Å². The van der Waals surface area contributed by atoms with E-state index in [4.69, 9.17) is 5.73 Å². The van der Waals surface area contributed by atoms with Crippen LogP contribution in [0.15, 0.2) is 12.4 Å². The quantitative estimate of drug-likeness (QED) is 0.753. The molecule has 0 aliphatic heterocycles. The average Bonchev–Trinajstić information content (AvgIpc) is 2.03. The molecule has 0 aliphatic carbocycles. The van der Waals surface area contributed by atoms with Gasteiger partial charge in [0.25, 0.3) is 0 Å². The summed E-state index contributed by atoms with van der Waals surface area (Å²) in [6.45, 7) is 0. The van der Waals surface area contributed by atoms with Gasteiger partial charge >= 0.3 is 6.18 Å². The Morgan fingerprint density at radius 1 is 1.38 bits per heavy atom. The molecule has 4 nitrogen and oxygen atoms in total. The predicted molar refractivity (Wildman–Crippen MR) is 37.4 cm³/mol. The van der Waals surface area contributed by atoms with Crippen LogP contribution in [-0.2, 0) is 0 Å². The van der Waals surface area contributed by atoms with Crippen molar-refractivity contribution in [3.8, 4) is 0 Å². The zero-order valence-electron chi connectivity index (χ0n) is 6.49. The van der Waals surface area contributed by atoms with Crippen molar-refractivity contribution >= 4 is 0 Å². The van der Waals surface area contributed by atoms with Crippen LogP contribution in [0.25, 0.3) is 0 Å². The second kappa shape index (κ2) is 3.65. The van der Waals surface area contributed by atoms with Crippen LogP contribution in [0.1, 0.15) is 18.3 Å². The van der Waals surface area contributed by atoms with Crippen LogP contribution < -0.4 is 5.73 Å². The first kappa shape index (κ1) is 9.85. The van der Waals surface area contributed by atoms with E-state index in [1.54, 1.807) is 0 Å². The van der Waals surface area contributed by atoms with E-state index in [0.29, 0.717) is 0 Å². The lowest BCUT2D eigenvalue weighted by Crippen LogP contribution is -2.22. The molecule has 1 aromatic rings. The Morgan fingerprint density at radius 2 is 2.08 bits per heavy atom. The van der Waals surface area contributed by atoms with Gasteiger partial charge < -0.3 is 5.73 Å². The van der Waals surface area contributed by atoms with E-state index in [-0.39, 0.29) is 5.82 Å². The minimum Gasteiger partial charge on any atom is -0.321 e. The van der Waals surface area contributed by atoms with E-state index in [1.807, 2.05) is 0 Å². The summed E-state index contributed by atoms with van der Waals surface area (Å²) >= 11 is 0. The van der Waals surface area contributed by atoms with Crippen molar-refractivity contribution in [1.82, 2.24) is 15.2 Å². The first-order valence-corrected chi connectivity index (χ1v) is 3.45. The molecule has 1 unspecified atom stereocenters. The summed E-state index contributed by atoms with van der Waals surface area (Å²) in [5.41, 5.74) is 5.20. The van der Waals surface area contributed by atoms with E-state index < -0.39 is 18.6 Å². The third kappa shape index (κ3) is 3.32. The smallest absolute Gasteiger partial charge is 0.321 e. The normalized spacial score (nSPS) is 14.2. The first-order valence-electron chi connectivity index (χ1n) is 3.45. The molecule has 0 bridgehead atoms. The van der Waals surface area contributed by atoms with E-state index >= 15 is 0 Å². The average molecular weight is 192 g/mol. The van der Waals surface area contributed by atoms with Gasteiger partial charge in [-0.2, -0.15) is 18.3 Å². The number of nitrogens with two attached hydrogens (primary N) is 1. The molecule has 7 heteroatoms. The standard InChI is InChI=1S/C6H7F3N4/c7-6(8,9)3-4(10)5-11-1-2-12-13-5/h1-2,4H,3,10H2. The fourth-order valence-corrected chi connectivity index (χ4v) is 0.768. The maximum Gasteiger partial charge on any atom is 0.391 e. The lowest BCUT2D eigenvalue weighted by Gasteiger charge is -2.11. The zero-order chi connectivity index (χ0) is 9.90. The van der Waals surface area contributed by atoms with Crippen molar-refractivity contribution < 1.29 is 13.2 Å². The van der Waals surface area contributed by atoms with Gasteiger partial charge in [0, 0.05) is 6.20 Å². The summed E-state index contributed by atoms with van der Waals surface area (Å²) in [6.07, 6.45) is -2.93. The number of alkyl halides is 3. The Hall–Kier alpha value is -1.24. The van der Waals surface area contributed by atoms with E-state index in [1.165, 1.54) is 12.4 Å². The molecular weight excluding hydrogens is 185 g/mol. The molecule has 0 radical (unpaired) electrons. The molecule has 72 valence electrons. The lowest BCUT2D eigenvalue weighted by molar-refractivity contribution is -0.138. The molecule has 0 aliphatic rings. The Balaban J connectivity index is 2.64. The van der Waals surface area contributed by atoms with Gasteiger partial charge in [0.05, 0.1) is 18.7 Å². The van der Waals surface area contributed by atoms with Crippen molar-refractivity contribution in [1.29, 1.82) is 0 Å². The third-order valence-corrected chi connectivity index (χ3v) is 1.28. The van der Waals surface area contributed by atoms with Gasteiger partial charge in [-0.25, -0.2) is 4.98 Å². The van der Waals surface area contributed by atoms with Crippen molar-refractivity contribution in [2.24, 2.45) is 5.73 Å². The van der Waals surface area contributed by atoms with E-state index in [9.17, 15) is 13.2 Å². The van der Waals surface area contributed by atoms with Crippen LogP contribution in [0.4, 0.5) is 13.2 Å². The van der Waals surface area contributed by atoms with Crippen molar-refractivity contribution in [2.75, 3.05) is 0 Å². The molecule has 2 N–H and O–H groups in total. The van der Waals surface area contributed by atoms with Crippen LogP contribution in [0, 0.1) is 0 Å². The van der Waals surface area contributed by atoms with Crippen molar-refractivity contribution in [3.63, 3.8) is 0 Å². The summed E-state index contributed by atoms with van der Waals surface area (Å²) in [6, 6.07) is -1.24. The second-order valence-corrected chi connectivity index (χ2v) is 2.43. The minimum absolute atomic E-state index is 0.0974.